The van der Waals surface area contributed by atoms with Crippen molar-refractivity contribution in [3.63, 3.8) is 0 Å². The van der Waals surface area contributed by atoms with Crippen LogP contribution in [0.15, 0.2) is 43.1 Å². The SMILES string of the molecule is C=C(C)c1ccc(OC)c2cnc(Nc3ccc4c(c3)C(C)(C)OC4=O)nc12. The number of benzene rings is 2. The van der Waals surface area contributed by atoms with E-state index in [1.807, 2.05) is 45.0 Å². The van der Waals surface area contributed by atoms with Crippen molar-refractivity contribution >= 4 is 34.1 Å². The number of anilines is 2. The van der Waals surface area contributed by atoms with Crippen LogP contribution in [0.4, 0.5) is 11.6 Å². The molecular weight excluding hydrogens is 354 g/mol. The largest absolute Gasteiger partial charge is 0.496 e. The van der Waals surface area contributed by atoms with Gasteiger partial charge in [0.1, 0.15) is 11.4 Å². The number of methoxy groups -OCH3 is 1. The van der Waals surface area contributed by atoms with E-state index >= 15 is 0 Å². The second-order valence-electron chi connectivity index (χ2n) is 7.34. The Bertz CT molecular complexity index is 1140. The Morgan fingerprint density at radius 2 is 2.04 bits per heavy atom. The molecule has 0 saturated heterocycles. The van der Waals surface area contributed by atoms with Crippen LogP contribution in [0.5, 0.6) is 5.75 Å². The summed E-state index contributed by atoms with van der Waals surface area (Å²) in [7, 11) is 1.62. The quantitative estimate of drug-likeness (QED) is 0.659. The van der Waals surface area contributed by atoms with E-state index in [4.69, 9.17) is 9.47 Å². The van der Waals surface area contributed by atoms with Crippen molar-refractivity contribution in [2.75, 3.05) is 12.4 Å². The highest BCUT2D eigenvalue weighted by atomic mass is 16.6. The maximum absolute atomic E-state index is 12.0. The van der Waals surface area contributed by atoms with Gasteiger partial charge in [-0.05, 0) is 56.7 Å². The number of carbonyl (C=O) groups excluding carboxylic acids is 1. The fourth-order valence-corrected chi connectivity index (χ4v) is 3.45. The lowest BCUT2D eigenvalue weighted by Crippen LogP contribution is -2.16. The lowest BCUT2D eigenvalue weighted by Gasteiger charge is -2.18. The van der Waals surface area contributed by atoms with Gasteiger partial charge in [-0.3, -0.25) is 0 Å². The molecule has 0 fully saturated rings. The molecule has 2 aromatic carbocycles. The van der Waals surface area contributed by atoms with Crippen molar-refractivity contribution in [3.05, 3.63) is 59.8 Å². The Morgan fingerprint density at radius 1 is 1.25 bits per heavy atom. The van der Waals surface area contributed by atoms with Crippen LogP contribution < -0.4 is 10.1 Å². The molecule has 6 nitrogen and oxygen atoms in total. The summed E-state index contributed by atoms with van der Waals surface area (Å²) in [6.07, 6.45) is 1.74. The Labute approximate surface area is 163 Å². The van der Waals surface area contributed by atoms with Gasteiger partial charge in [0.05, 0.1) is 23.6 Å². The van der Waals surface area contributed by atoms with Crippen molar-refractivity contribution in [2.45, 2.75) is 26.4 Å². The van der Waals surface area contributed by atoms with Crippen LogP contribution in [0.25, 0.3) is 16.5 Å². The van der Waals surface area contributed by atoms with Crippen LogP contribution in [0.2, 0.25) is 0 Å². The molecule has 1 aliphatic heterocycles. The summed E-state index contributed by atoms with van der Waals surface area (Å²) >= 11 is 0. The molecule has 142 valence electrons. The third-order valence-corrected chi connectivity index (χ3v) is 4.88. The van der Waals surface area contributed by atoms with Crippen molar-refractivity contribution < 1.29 is 14.3 Å². The minimum Gasteiger partial charge on any atom is -0.496 e. The molecule has 0 radical (unpaired) electrons. The zero-order valence-corrected chi connectivity index (χ0v) is 16.3. The number of nitrogens with zero attached hydrogens (tertiary/aromatic N) is 2. The van der Waals surface area contributed by atoms with Crippen molar-refractivity contribution in [3.8, 4) is 5.75 Å². The second-order valence-corrected chi connectivity index (χ2v) is 7.34. The molecular formula is C22H21N3O3. The minimum absolute atomic E-state index is 0.299. The number of fused-ring (bicyclic) bond motifs is 2. The minimum atomic E-state index is -0.658. The summed E-state index contributed by atoms with van der Waals surface area (Å²) in [6, 6.07) is 9.32. The molecule has 0 amide bonds. The molecule has 0 unspecified atom stereocenters. The molecule has 1 aromatic heterocycles. The molecule has 0 spiro atoms. The zero-order chi connectivity index (χ0) is 20.1. The molecule has 0 saturated carbocycles. The molecule has 0 aliphatic carbocycles. The molecule has 3 aromatic rings. The van der Waals surface area contributed by atoms with Gasteiger partial charge in [0.25, 0.3) is 0 Å². The van der Waals surface area contributed by atoms with Crippen molar-refractivity contribution in [2.24, 2.45) is 0 Å². The lowest BCUT2D eigenvalue weighted by atomic mass is 9.95. The van der Waals surface area contributed by atoms with Crippen molar-refractivity contribution in [1.29, 1.82) is 0 Å². The van der Waals surface area contributed by atoms with E-state index in [9.17, 15) is 4.79 Å². The molecule has 28 heavy (non-hydrogen) atoms. The summed E-state index contributed by atoms with van der Waals surface area (Å²) < 4.78 is 10.9. The number of allylic oxidation sites excluding steroid dienone is 1. The van der Waals surface area contributed by atoms with Gasteiger partial charge in [-0.2, -0.15) is 0 Å². The van der Waals surface area contributed by atoms with Gasteiger partial charge in [0.15, 0.2) is 0 Å². The fourth-order valence-electron chi connectivity index (χ4n) is 3.45. The highest BCUT2D eigenvalue weighted by Crippen LogP contribution is 2.38. The summed E-state index contributed by atoms with van der Waals surface area (Å²) in [5, 5.41) is 4.04. The number of hydrogen-bond donors (Lipinski definition) is 1. The molecule has 6 heteroatoms. The third kappa shape index (κ3) is 2.87. The molecule has 1 N–H and O–H groups in total. The van der Waals surface area contributed by atoms with Crippen LogP contribution >= 0.6 is 0 Å². The maximum atomic E-state index is 12.0. The van der Waals surface area contributed by atoms with E-state index in [0.717, 1.165) is 33.3 Å². The number of rotatable bonds is 4. The van der Waals surface area contributed by atoms with Crippen LogP contribution in [-0.2, 0) is 10.3 Å². The van der Waals surface area contributed by atoms with E-state index in [1.54, 1.807) is 19.4 Å². The molecule has 0 bridgehead atoms. The average Bonchev–Trinajstić information content (AvgIpc) is 2.88. The predicted molar refractivity (Wildman–Crippen MR) is 109 cm³/mol. The Balaban J connectivity index is 1.76. The lowest BCUT2D eigenvalue weighted by molar-refractivity contribution is 0.00955. The van der Waals surface area contributed by atoms with Gasteiger partial charge in [0, 0.05) is 23.0 Å². The summed E-state index contributed by atoms with van der Waals surface area (Å²) in [5.41, 5.74) is 4.17. The predicted octanol–water partition coefficient (Wildman–Crippen LogP) is 4.82. The fraction of sp³-hybridized carbons (Fsp3) is 0.227. The number of nitrogens with one attached hydrogen (secondary N) is 1. The van der Waals surface area contributed by atoms with E-state index in [2.05, 4.69) is 21.9 Å². The summed E-state index contributed by atoms with van der Waals surface area (Å²) in [6.45, 7) is 9.73. The first-order chi connectivity index (χ1) is 13.3. The number of hydrogen-bond acceptors (Lipinski definition) is 6. The highest BCUT2D eigenvalue weighted by Gasteiger charge is 2.37. The van der Waals surface area contributed by atoms with Gasteiger partial charge >= 0.3 is 5.97 Å². The third-order valence-electron chi connectivity index (χ3n) is 4.88. The average molecular weight is 375 g/mol. The highest BCUT2D eigenvalue weighted by molar-refractivity contribution is 5.96. The molecule has 1 aliphatic rings. The number of aromatic nitrogens is 2. The van der Waals surface area contributed by atoms with Crippen LogP contribution in [0, 0.1) is 0 Å². The van der Waals surface area contributed by atoms with E-state index in [1.165, 1.54) is 0 Å². The van der Waals surface area contributed by atoms with Gasteiger partial charge in [-0.15, -0.1) is 0 Å². The normalized spacial score (nSPS) is 14.5. The van der Waals surface area contributed by atoms with Gasteiger partial charge in [-0.1, -0.05) is 6.58 Å². The smallest absolute Gasteiger partial charge is 0.339 e. The van der Waals surface area contributed by atoms with Crippen molar-refractivity contribution in [1.82, 2.24) is 9.97 Å². The Hall–Kier alpha value is -3.41. The monoisotopic (exact) mass is 375 g/mol. The number of esters is 1. The van der Waals surface area contributed by atoms with Crippen LogP contribution in [-0.4, -0.2) is 23.0 Å². The maximum Gasteiger partial charge on any atom is 0.339 e. The van der Waals surface area contributed by atoms with E-state index < -0.39 is 5.60 Å². The number of ether oxygens (including phenoxy) is 2. The van der Waals surface area contributed by atoms with Gasteiger partial charge in [-0.25, -0.2) is 14.8 Å². The van der Waals surface area contributed by atoms with Crippen LogP contribution in [0.1, 0.15) is 42.3 Å². The van der Waals surface area contributed by atoms with E-state index in [-0.39, 0.29) is 5.97 Å². The van der Waals surface area contributed by atoms with Gasteiger partial charge in [0.2, 0.25) is 5.95 Å². The van der Waals surface area contributed by atoms with Crippen LogP contribution in [0.3, 0.4) is 0 Å². The zero-order valence-electron chi connectivity index (χ0n) is 16.3. The standard InChI is InChI=1S/C22H21N3O3/c1-12(2)14-8-9-18(27-5)16-11-23-21(25-19(14)16)24-13-6-7-15-17(10-13)22(3,4)28-20(15)26/h6-11H,1H2,2-5H3,(H,23,24,25). The molecule has 2 heterocycles. The van der Waals surface area contributed by atoms with E-state index in [0.29, 0.717) is 17.3 Å². The first-order valence-corrected chi connectivity index (χ1v) is 8.94. The molecule has 4 rings (SSSR count). The van der Waals surface area contributed by atoms with Gasteiger partial charge < -0.3 is 14.8 Å². The first-order valence-electron chi connectivity index (χ1n) is 8.94. The molecule has 0 atom stereocenters. The Kier molecular flexibility index (Phi) is 4.07. The second kappa shape index (κ2) is 6.34. The summed E-state index contributed by atoms with van der Waals surface area (Å²) in [5.74, 6) is 0.861. The Morgan fingerprint density at radius 3 is 2.75 bits per heavy atom. The first kappa shape index (κ1) is 18.0. The number of cyclic esters (lactones) is 1. The topological polar surface area (TPSA) is 73.3 Å². The number of carbonyl (C=O) groups is 1. The summed E-state index contributed by atoms with van der Waals surface area (Å²) in [4.78, 5) is 21.1.